The summed E-state index contributed by atoms with van der Waals surface area (Å²) in [5.41, 5.74) is 1.36. The van der Waals surface area contributed by atoms with E-state index in [0.717, 1.165) is 6.54 Å². The van der Waals surface area contributed by atoms with Gasteiger partial charge in [-0.05, 0) is 25.2 Å². The molecular weight excluding hydrogens is 292 g/mol. The van der Waals surface area contributed by atoms with Gasteiger partial charge < -0.3 is 14.7 Å². The van der Waals surface area contributed by atoms with Gasteiger partial charge in [0.05, 0.1) is 25.6 Å². The van der Waals surface area contributed by atoms with Gasteiger partial charge in [-0.2, -0.15) is 0 Å². The van der Waals surface area contributed by atoms with Crippen LogP contribution in [0.15, 0.2) is 24.3 Å². The van der Waals surface area contributed by atoms with Crippen LogP contribution < -0.4 is 4.72 Å². The van der Waals surface area contributed by atoms with Gasteiger partial charge in [-0.25, -0.2) is 13.1 Å². The Kier molecular flexibility index (Phi) is 7.84. The predicted octanol–water partition coefficient (Wildman–Crippen LogP) is 0.177. The Morgan fingerprint density at radius 2 is 1.95 bits per heavy atom. The Morgan fingerprint density at radius 1 is 1.24 bits per heavy atom. The van der Waals surface area contributed by atoms with Crippen molar-refractivity contribution >= 4 is 10.0 Å². The van der Waals surface area contributed by atoms with Crippen LogP contribution in [0.4, 0.5) is 0 Å². The Morgan fingerprint density at radius 3 is 2.62 bits per heavy atom. The minimum absolute atomic E-state index is 0.0962. The van der Waals surface area contributed by atoms with E-state index < -0.39 is 10.0 Å². The van der Waals surface area contributed by atoms with Crippen molar-refractivity contribution < 1.29 is 18.3 Å². The molecule has 0 bridgehead atoms. The third-order valence-corrected chi connectivity index (χ3v) is 4.14. The van der Waals surface area contributed by atoms with Crippen LogP contribution in [-0.4, -0.2) is 58.8 Å². The summed E-state index contributed by atoms with van der Waals surface area (Å²) in [6.07, 6.45) is 0. The van der Waals surface area contributed by atoms with Gasteiger partial charge in [-0.3, -0.25) is 0 Å². The first-order valence-electron chi connectivity index (χ1n) is 6.81. The van der Waals surface area contributed by atoms with Crippen LogP contribution in [0.25, 0.3) is 0 Å². The third-order valence-electron chi connectivity index (χ3n) is 2.78. The topological polar surface area (TPSA) is 78.9 Å². The van der Waals surface area contributed by atoms with E-state index in [1.54, 1.807) is 24.3 Å². The number of nitrogens with zero attached hydrogens (tertiary/aromatic N) is 1. The molecule has 0 aliphatic carbocycles. The molecule has 0 amide bonds. The van der Waals surface area contributed by atoms with Crippen LogP contribution >= 0.6 is 0 Å². The summed E-state index contributed by atoms with van der Waals surface area (Å²) in [5, 5.41) is 9.04. The fraction of sp³-hybridized carbons (Fsp3) is 0.571. The molecule has 0 spiro atoms. The number of sulfonamides is 1. The van der Waals surface area contributed by atoms with Gasteiger partial charge in [0.15, 0.2) is 0 Å². The maximum absolute atomic E-state index is 11.9. The Hall–Kier alpha value is -0.990. The van der Waals surface area contributed by atoms with Crippen LogP contribution in [0, 0.1) is 0 Å². The lowest BCUT2D eigenvalue weighted by Gasteiger charge is -2.10. The van der Waals surface area contributed by atoms with Crippen molar-refractivity contribution in [3.8, 4) is 0 Å². The van der Waals surface area contributed by atoms with Crippen LogP contribution in [0.2, 0.25) is 0 Å². The standard InChI is InChI=1S/C14H24N2O4S/c1-16(2)7-9-20-8-6-15-21(18,19)12-14-5-3-4-13(10-14)11-17/h3-5,10,15,17H,6-9,11-12H2,1-2H3. The number of rotatable bonds is 10. The van der Waals surface area contributed by atoms with Gasteiger partial charge in [0, 0.05) is 13.1 Å². The van der Waals surface area contributed by atoms with Crippen LogP contribution in [0.5, 0.6) is 0 Å². The van der Waals surface area contributed by atoms with E-state index in [2.05, 4.69) is 4.72 Å². The highest BCUT2D eigenvalue weighted by atomic mass is 32.2. The van der Waals surface area contributed by atoms with Crippen LogP contribution in [-0.2, 0) is 27.1 Å². The van der Waals surface area contributed by atoms with E-state index >= 15 is 0 Å². The first-order valence-corrected chi connectivity index (χ1v) is 8.46. The molecule has 0 aliphatic rings. The number of likely N-dealkylation sites (N-methyl/N-ethyl adjacent to an activating group) is 1. The van der Waals surface area contributed by atoms with Gasteiger partial charge in [0.1, 0.15) is 0 Å². The second kappa shape index (κ2) is 9.11. The molecule has 0 aliphatic heterocycles. The van der Waals surface area contributed by atoms with E-state index in [-0.39, 0.29) is 18.9 Å². The maximum atomic E-state index is 11.9. The fourth-order valence-corrected chi connectivity index (χ4v) is 2.82. The molecule has 0 fully saturated rings. The second-order valence-electron chi connectivity index (χ2n) is 5.05. The smallest absolute Gasteiger partial charge is 0.215 e. The molecule has 0 unspecified atom stereocenters. The number of ether oxygens (including phenoxy) is 1. The highest BCUT2D eigenvalue weighted by Crippen LogP contribution is 2.08. The number of aliphatic hydroxyl groups is 1. The number of hydrogen-bond acceptors (Lipinski definition) is 5. The van der Waals surface area contributed by atoms with Crippen molar-refractivity contribution in [2.45, 2.75) is 12.4 Å². The highest BCUT2D eigenvalue weighted by Gasteiger charge is 2.11. The zero-order valence-corrected chi connectivity index (χ0v) is 13.4. The molecule has 6 nitrogen and oxygen atoms in total. The lowest BCUT2D eigenvalue weighted by atomic mass is 10.1. The minimum atomic E-state index is -3.39. The molecular formula is C14H24N2O4S. The fourth-order valence-electron chi connectivity index (χ4n) is 1.71. The highest BCUT2D eigenvalue weighted by molar-refractivity contribution is 7.88. The summed E-state index contributed by atoms with van der Waals surface area (Å²) in [5.74, 6) is -0.0987. The largest absolute Gasteiger partial charge is 0.392 e. The van der Waals surface area contributed by atoms with Gasteiger partial charge in [-0.1, -0.05) is 24.3 Å². The van der Waals surface area contributed by atoms with E-state index in [9.17, 15) is 8.42 Å². The Bertz CT molecular complexity index is 517. The van der Waals surface area contributed by atoms with Gasteiger partial charge in [0.2, 0.25) is 10.0 Å². The molecule has 1 rings (SSSR count). The van der Waals surface area contributed by atoms with E-state index in [0.29, 0.717) is 24.3 Å². The quantitative estimate of drug-likeness (QED) is 0.602. The van der Waals surface area contributed by atoms with Gasteiger partial charge >= 0.3 is 0 Å². The number of hydrogen-bond donors (Lipinski definition) is 2. The molecule has 0 saturated carbocycles. The molecule has 21 heavy (non-hydrogen) atoms. The van der Waals surface area contributed by atoms with Crippen molar-refractivity contribution in [2.75, 3.05) is 40.4 Å². The number of nitrogens with one attached hydrogen (secondary N) is 1. The Balaban J connectivity index is 2.33. The minimum Gasteiger partial charge on any atom is -0.392 e. The molecule has 1 aromatic carbocycles. The lowest BCUT2D eigenvalue weighted by molar-refractivity contribution is 0.122. The van der Waals surface area contributed by atoms with Crippen molar-refractivity contribution in [1.29, 1.82) is 0 Å². The van der Waals surface area contributed by atoms with Crippen LogP contribution in [0.3, 0.4) is 0 Å². The lowest BCUT2D eigenvalue weighted by Crippen LogP contribution is -2.29. The molecule has 1 aromatic rings. The summed E-state index contributed by atoms with van der Waals surface area (Å²) in [7, 11) is 0.517. The summed E-state index contributed by atoms with van der Waals surface area (Å²) < 4.78 is 31.6. The van der Waals surface area contributed by atoms with E-state index in [4.69, 9.17) is 9.84 Å². The van der Waals surface area contributed by atoms with E-state index in [1.807, 2.05) is 19.0 Å². The molecule has 0 aromatic heterocycles. The zero-order chi connectivity index (χ0) is 15.7. The first kappa shape index (κ1) is 18.1. The maximum Gasteiger partial charge on any atom is 0.215 e. The number of aliphatic hydroxyl groups excluding tert-OH is 1. The first-order chi connectivity index (χ1) is 9.93. The summed E-state index contributed by atoms with van der Waals surface area (Å²) in [6, 6.07) is 6.90. The third kappa shape index (κ3) is 8.13. The monoisotopic (exact) mass is 316 g/mol. The van der Waals surface area contributed by atoms with Crippen LogP contribution in [0.1, 0.15) is 11.1 Å². The predicted molar refractivity (Wildman–Crippen MR) is 82.4 cm³/mol. The summed E-state index contributed by atoms with van der Waals surface area (Å²) >= 11 is 0. The van der Waals surface area contributed by atoms with Crippen molar-refractivity contribution in [2.24, 2.45) is 0 Å². The average Bonchev–Trinajstić information content (AvgIpc) is 2.42. The van der Waals surface area contributed by atoms with Crippen molar-refractivity contribution in [3.05, 3.63) is 35.4 Å². The van der Waals surface area contributed by atoms with Gasteiger partial charge in [0.25, 0.3) is 0 Å². The zero-order valence-electron chi connectivity index (χ0n) is 12.6. The van der Waals surface area contributed by atoms with Crippen molar-refractivity contribution in [1.82, 2.24) is 9.62 Å². The molecule has 0 radical (unpaired) electrons. The molecule has 0 saturated heterocycles. The molecule has 0 heterocycles. The molecule has 2 N–H and O–H groups in total. The van der Waals surface area contributed by atoms with E-state index in [1.165, 1.54) is 0 Å². The van der Waals surface area contributed by atoms with Gasteiger partial charge in [-0.15, -0.1) is 0 Å². The summed E-state index contributed by atoms with van der Waals surface area (Å²) in [6.45, 7) is 1.90. The molecule has 0 atom stereocenters. The SMILES string of the molecule is CN(C)CCOCCNS(=O)(=O)Cc1cccc(CO)c1. The normalized spacial score (nSPS) is 12.0. The molecule has 7 heteroatoms. The summed E-state index contributed by atoms with van der Waals surface area (Å²) in [4.78, 5) is 2.00. The molecule has 120 valence electrons. The second-order valence-corrected chi connectivity index (χ2v) is 6.85. The average molecular weight is 316 g/mol. The Labute approximate surface area is 126 Å². The van der Waals surface area contributed by atoms with Crippen molar-refractivity contribution in [3.63, 3.8) is 0 Å². The number of benzene rings is 1.